The molecule has 2 heterocycles. The summed E-state index contributed by atoms with van der Waals surface area (Å²) in [5.41, 5.74) is 3.89. The van der Waals surface area contributed by atoms with Crippen LogP contribution in [-0.2, 0) is 17.7 Å². The number of carbonyl (C=O) groups excluding carboxylic acids is 1. The third kappa shape index (κ3) is 4.41. The van der Waals surface area contributed by atoms with Crippen molar-refractivity contribution in [1.82, 2.24) is 15.5 Å². The van der Waals surface area contributed by atoms with Gasteiger partial charge in [0, 0.05) is 22.7 Å². The first kappa shape index (κ1) is 19.0. The van der Waals surface area contributed by atoms with Gasteiger partial charge in [-0.05, 0) is 38.4 Å². The second-order valence-corrected chi connectivity index (χ2v) is 5.60. The number of hydrogen-bond donors (Lipinski definition) is 2. The van der Waals surface area contributed by atoms with E-state index >= 15 is 0 Å². The van der Waals surface area contributed by atoms with Gasteiger partial charge in [0.15, 0.2) is 11.5 Å². The molecule has 0 bridgehead atoms. The van der Waals surface area contributed by atoms with Gasteiger partial charge in [0.25, 0.3) is 0 Å². The molecule has 0 spiro atoms. The molecule has 25 heavy (non-hydrogen) atoms. The number of halogens is 1. The lowest BCUT2D eigenvalue weighted by atomic mass is 10.1. The highest BCUT2D eigenvalue weighted by atomic mass is 35.5. The number of esters is 1. The molecule has 7 heteroatoms. The van der Waals surface area contributed by atoms with E-state index in [2.05, 4.69) is 40.6 Å². The van der Waals surface area contributed by atoms with Crippen LogP contribution in [-0.4, -0.2) is 29.3 Å². The number of aromatic nitrogens is 2. The lowest BCUT2D eigenvalue weighted by Crippen LogP contribution is -2.16. The summed E-state index contributed by atoms with van der Waals surface area (Å²) in [5.74, 6) is 0.163. The smallest absolute Gasteiger partial charge is 0.360 e. The van der Waals surface area contributed by atoms with Gasteiger partial charge in [-0.15, -0.1) is 12.4 Å². The number of benzene rings is 1. The van der Waals surface area contributed by atoms with Crippen molar-refractivity contribution < 1.29 is 14.1 Å². The minimum Gasteiger partial charge on any atom is -0.461 e. The number of nitrogens with zero attached hydrogens (tertiary/aromatic N) is 1. The number of H-pyrrole nitrogens is 1. The van der Waals surface area contributed by atoms with Crippen molar-refractivity contribution >= 4 is 29.3 Å². The first-order chi connectivity index (χ1) is 11.7. The Balaban J connectivity index is 0.00000225. The van der Waals surface area contributed by atoms with Crippen LogP contribution in [0.15, 0.2) is 34.9 Å². The van der Waals surface area contributed by atoms with Crippen molar-refractivity contribution in [1.29, 1.82) is 0 Å². The van der Waals surface area contributed by atoms with Gasteiger partial charge in [0.1, 0.15) is 0 Å². The Morgan fingerprint density at radius 3 is 2.96 bits per heavy atom. The Labute approximate surface area is 152 Å². The van der Waals surface area contributed by atoms with Gasteiger partial charge in [-0.2, -0.15) is 0 Å². The van der Waals surface area contributed by atoms with E-state index < -0.39 is 5.97 Å². The molecular weight excluding hydrogens is 342 g/mol. The molecule has 6 nitrogen and oxygen atoms in total. The molecule has 0 aliphatic carbocycles. The number of nitrogens with one attached hydrogen (secondary N) is 2. The van der Waals surface area contributed by atoms with Crippen LogP contribution in [0.3, 0.4) is 0 Å². The molecule has 3 rings (SSSR count). The predicted octanol–water partition coefficient (Wildman–Crippen LogP) is 3.40. The fraction of sp³-hybridized carbons (Fsp3) is 0.333. The summed E-state index contributed by atoms with van der Waals surface area (Å²) >= 11 is 0. The molecule has 134 valence electrons. The molecule has 0 aliphatic heterocycles. The van der Waals surface area contributed by atoms with Crippen molar-refractivity contribution in [2.24, 2.45) is 0 Å². The molecule has 2 N–H and O–H groups in total. The molecule has 0 unspecified atom stereocenters. The van der Waals surface area contributed by atoms with Crippen LogP contribution in [0.2, 0.25) is 0 Å². The van der Waals surface area contributed by atoms with E-state index in [1.54, 1.807) is 13.0 Å². The predicted molar refractivity (Wildman–Crippen MR) is 98.2 cm³/mol. The molecule has 0 saturated carbocycles. The van der Waals surface area contributed by atoms with Crippen LogP contribution >= 0.6 is 12.4 Å². The molecule has 0 radical (unpaired) electrons. The first-order valence-corrected chi connectivity index (χ1v) is 8.08. The zero-order chi connectivity index (χ0) is 16.9. The molecule has 2 aromatic heterocycles. The summed E-state index contributed by atoms with van der Waals surface area (Å²) in [4.78, 5) is 14.9. The van der Waals surface area contributed by atoms with Gasteiger partial charge in [0.05, 0.1) is 13.2 Å². The minimum absolute atomic E-state index is 0. The molecule has 0 atom stereocenters. The Kier molecular flexibility index (Phi) is 6.61. The van der Waals surface area contributed by atoms with E-state index in [4.69, 9.17) is 9.26 Å². The first-order valence-electron chi connectivity index (χ1n) is 8.08. The number of aryl methyl sites for hydroxylation is 1. The van der Waals surface area contributed by atoms with E-state index in [0.717, 1.165) is 13.0 Å². The summed E-state index contributed by atoms with van der Waals surface area (Å²) < 4.78 is 10.0. The van der Waals surface area contributed by atoms with Gasteiger partial charge in [-0.1, -0.05) is 23.4 Å². The quantitative estimate of drug-likeness (QED) is 0.496. The van der Waals surface area contributed by atoms with Crippen LogP contribution in [0, 0.1) is 6.92 Å². The maximum atomic E-state index is 11.5. The lowest BCUT2D eigenvalue weighted by Gasteiger charge is -2.03. The number of hydrogen-bond acceptors (Lipinski definition) is 5. The fourth-order valence-corrected chi connectivity index (χ4v) is 2.78. The van der Waals surface area contributed by atoms with Crippen LogP contribution < -0.4 is 5.32 Å². The van der Waals surface area contributed by atoms with E-state index in [-0.39, 0.29) is 18.1 Å². The Morgan fingerprint density at radius 1 is 1.36 bits per heavy atom. The number of ether oxygens (including phenoxy) is 1. The maximum absolute atomic E-state index is 11.5. The van der Waals surface area contributed by atoms with Crippen molar-refractivity contribution in [3.63, 3.8) is 0 Å². The van der Waals surface area contributed by atoms with Gasteiger partial charge in [-0.3, -0.25) is 0 Å². The second-order valence-electron chi connectivity index (χ2n) is 5.60. The second kappa shape index (κ2) is 8.69. The number of para-hydroxylation sites is 1. The average Bonchev–Trinajstić information content (AvgIpc) is 3.16. The summed E-state index contributed by atoms with van der Waals surface area (Å²) in [6.45, 7) is 5.50. The molecule has 0 fully saturated rings. The highest BCUT2D eigenvalue weighted by Gasteiger charge is 2.13. The summed E-state index contributed by atoms with van der Waals surface area (Å²) in [6, 6.07) is 9.92. The van der Waals surface area contributed by atoms with E-state index in [1.807, 2.05) is 6.07 Å². The van der Waals surface area contributed by atoms with Crippen molar-refractivity contribution in [3.05, 3.63) is 53.0 Å². The van der Waals surface area contributed by atoms with Crippen LogP contribution in [0.5, 0.6) is 0 Å². The van der Waals surface area contributed by atoms with Crippen molar-refractivity contribution in [2.45, 2.75) is 26.8 Å². The third-order valence-electron chi connectivity index (χ3n) is 3.92. The maximum Gasteiger partial charge on any atom is 0.360 e. The number of carbonyl (C=O) groups is 1. The monoisotopic (exact) mass is 363 g/mol. The van der Waals surface area contributed by atoms with Gasteiger partial charge >= 0.3 is 5.97 Å². The highest BCUT2D eigenvalue weighted by Crippen LogP contribution is 2.21. The van der Waals surface area contributed by atoms with E-state index in [0.29, 0.717) is 18.9 Å². The Morgan fingerprint density at radius 2 is 2.16 bits per heavy atom. The summed E-state index contributed by atoms with van der Waals surface area (Å²) in [6.07, 6.45) is 0.911. The SMILES string of the molecule is CCOC(=O)c1cc(CNCCc2c(C)[nH]c3ccccc23)on1.Cl. The molecule has 0 amide bonds. The zero-order valence-electron chi connectivity index (χ0n) is 14.3. The van der Waals surface area contributed by atoms with Crippen LogP contribution in [0.4, 0.5) is 0 Å². The minimum atomic E-state index is -0.457. The van der Waals surface area contributed by atoms with Gasteiger partial charge in [0.2, 0.25) is 0 Å². The van der Waals surface area contributed by atoms with Crippen molar-refractivity contribution in [2.75, 3.05) is 13.2 Å². The Bertz CT molecular complexity index is 841. The van der Waals surface area contributed by atoms with E-state index in [1.165, 1.54) is 22.2 Å². The van der Waals surface area contributed by atoms with E-state index in [9.17, 15) is 4.79 Å². The Hall–Kier alpha value is -2.31. The van der Waals surface area contributed by atoms with Gasteiger partial charge < -0.3 is 19.6 Å². The average molecular weight is 364 g/mol. The van der Waals surface area contributed by atoms with Crippen molar-refractivity contribution in [3.8, 4) is 0 Å². The molecule has 0 aliphatic rings. The molecular formula is C18H22ClN3O3. The van der Waals surface area contributed by atoms with Gasteiger partial charge in [-0.25, -0.2) is 4.79 Å². The van der Waals surface area contributed by atoms with Crippen LogP contribution in [0.25, 0.3) is 10.9 Å². The molecule has 1 aromatic carbocycles. The summed E-state index contributed by atoms with van der Waals surface area (Å²) in [5, 5.41) is 8.31. The highest BCUT2D eigenvalue weighted by molar-refractivity contribution is 5.87. The molecule has 0 saturated heterocycles. The fourth-order valence-electron chi connectivity index (χ4n) is 2.78. The standard InChI is InChI=1S/C18H21N3O3.ClH/c1-3-23-18(22)17-10-13(24-21-17)11-19-9-8-14-12(2)20-16-7-5-4-6-15(14)16;/h4-7,10,19-20H,3,8-9,11H2,1-2H3;1H. The number of rotatable bonds is 7. The third-order valence-corrected chi connectivity index (χ3v) is 3.92. The number of fused-ring (bicyclic) bond motifs is 1. The van der Waals surface area contributed by atoms with Crippen LogP contribution in [0.1, 0.15) is 34.4 Å². The normalized spacial score (nSPS) is 10.6. The largest absolute Gasteiger partial charge is 0.461 e. The number of aromatic amines is 1. The lowest BCUT2D eigenvalue weighted by molar-refractivity contribution is 0.0514. The molecule has 3 aromatic rings. The topological polar surface area (TPSA) is 80.1 Å². The summed E-state index contributed by atoms with van der Waals surface area (Å²) in [7, 11) is 0. The zero-order valence-corrected chi connectivity index (χ0v) is 15.1.